The van der Waals surface area contributed by atoms with E-state index in [-0.39, 0.29) is 6.04 Å². The molecule has 2 aromatic rings. The summed E-state index contributed by atoms with van der Waals surface area (Å²) in [6, 6.07) is 10.6. The third-order valence-electron chi connectivity index (χ3n) is 3.19. The Kier molecular flexibility index (Phi) is 4.83. The summed E-state index contributed by atoms with van der Waals surface area (Å²) in [5.41, 5.74) is 2.53. The molecular weight excluding hydrogens is 302 g/mol. The molecule has 0 saturated carbocycles. The van der Waals surface area contributed by atoms with Crippen molar-refractivity contribution in [1.82, 2.24) is 5.32 Å². The molecule has 0 aliphatic heterocycles. The molecule has 2 nitrogen and oxygen atoms in total. The minimum Gasteiger partial charge on any atom is -0.464 e. The van der Waals surface area contributed by atoms with E-state index < -0.39 is 0 Å². The molecule has 0 bridgehead atoms. The molecule has 1 unspecified atom stereocenters. The number of nitrogens with one attached hydrogen (secondary N) is 1. The SMILES string of the molecule is CCCNC(c1ccc(C)o1)c1ccc(Br)cc1C. The lowest BCUT2D eigenvalue weighted by Crippen LogP contribution is -2.23. The second kappa shape index (κ2) is 6.40. The molecule has 2 rings (SSSR count). The molecule has 0 spiro atoms. The Morgan fingerprint density at radius 3 is 2.58 bits per heavy atom. The van der Waals surface area contributed by atoms with Gasteiger partial charge in [0.25, 0.3) is 0 Å². The van der Waals surface area contributed by atoms with Gasteiger partial charge in [0, 0.05) is 4.47 Å². The Bertz CT molecular complexity index is 547. The van der Waals surface area contributed by atoms with Gasteiger partial charge in [-0.3, -0.25) is 0 Å². The Balaban J connectivity index is 2.36. The predicted octanol–water partition coefficient (Wildman–Crippen LogP) is 4.75. The number of halogens is 1. The minimum absolute atomic E-state index is 0.127. The van der Waals surface area contributed by atoms with Crippen LogP contribution in [-0.4, -0.2) is 6.54 Å². The summed E-state index contributed by atoms with van der Waals surface area (Å²) in [6.45, 7) is 7.26. The smallest absolute Gasteiger partial charge is 0.125 e. The lowest BCUT2D eigenvalue weighted by molar-refractivity contribution is 0.430. The summed E-state index contributed by atoms with van der Waals surface area (Å²) in [6.07, 6.45) is 1.10. The average Bonchev–Trinajstić information content (AvgIpc) is 2.78. The fourth-order valence-electron chi connectivity index (χ4n) is 2.22. The van der Waals surface area contributed by atoms with Crippen LogP contribution in [0.1, 0.15) is 42.0 Å². The Morgan fingerprint density at radius 2 is 2.00 bits per heavy atom. The molecule has 102 valence electrons. The van der Waals surface area contributed by atoms with Gasteiger partial charge in [-0.25, -0.2) is 0 Å². The van der Waals surface area contributed by atoms with Crippen molar-refractivity contribution in [2.75, 3.05) is 6.54 Å². The van der Waals surface area contributed by atoms with Gasteiger partial charge in [-0.2, -0.15) is 0 Å². The molecule has 0 aliphatic carbocycles. The molecule has 1 aromatic carbocycles. The van der Waals surface area contributed by atoms with E-state index in [4.69, 9.17) is 4.42 Å². The minimum atomic E-state index is 0.127. The number of rotatable bonds is 5. The van der Waals surface area contributed by atoms with Gasteiger partial charge >= 0.3 is 0 Å². The van der Waals surface area contributed by atoms with Crippen molar-refractivity contribution in [3.05, 3.63) is 57.5 Å². The largest absolute Gasteiger partial charge is 0.464 e. The summed E-state index contributed by atoms with van der Waals surface area (Å²) in [7, 11) is 0. The molecule has 1 N–H and O–H groups in total. The molecule has 1 aromatic heterocycles. The van der Waals surface area contributed by atoms with Crippen LogP contribution >= 0.6 is 15.9 Å². The first-order chi connectivity index (χ1) is 9.11. The maximum Gasteiger partial charge on any atom is 0.125 e. The number of benzene rings is 1. The topological polar surface area (TPSA) is 25.2 Å². The lowest BCUT2D eigenvalue weighted by atomic mass is 9.99. The second-order valence-electron chi connectivity index (χ2n) is 4.84. The fourth-order valence-corrected chi connectivity index (χ4v) is 2.70. The number of hydrogen-bond acceptors (Lipinski definition) is 2. The van der Waals surface area contributed by atoms with Crippen LogP contribution in [0.2, 0.25) is 0 Å². The molecule has 1 atom stereocenters. The highest BCUT2D eigenvalue weighted by Crippen LogP contribution is 2.28. The zero-order valence-electron chi connectivity index (χ0n) is 11.7. The second-order valence-corrected chi connectivity index (χ2v) is 5.75. The van der Waals surface area contributed by atoms with Crippen LogP contribution in [0.4, 0.5) is 0 Å². The Hall–Kier alpha value is -1.06. The van der Waals surface area contributed by atoms with Crippen molar-refractivity contribution >= 4 is 15.9 Å². The van der Waals surface area contributed by atoms with E-state index in [9.17, 15) is 0 Å². The maximum atomic E-state index is 5.81. The van der Waals surface area contributed by atoms with Gasteiger partial charge in [-0.15, -0.1) is 0 Å². The summed E-state index contributed by atoms with van der Waals surface area (Å²) >= 11 is 3.51. The Morgan fingerprint density at radius 1 is 1.21 bits per heavy atom. The van der Waals surface area contributed by atoms with Crippen molar-refractivity contribution in [3.63, 3.8) is 0 Å². The highest BCUT2D eigenvalue weighted by atomic mass is 79.9. The highest BCUT2D eigenvalue weighted by molar-refractivity contribution is 9.10. The lowest BCUT2D eigenvalue weighted by Gasteiger charge is -2.19. The van der Waals surface area contributed by atoms with E-state index in [0.29, 0.717) is 0 Å². The maximum absolute atomic E-state index is 5.81. The van der Waals surface area contributed by atoms with E-state index in [1.54, 1.807) is 0 Å². The Labute approximate surface area is 123 Å². The molecule has 1 heterocycles. The van der Waals surface area contributed by atoms with E-state index in [1.165, 1.54) is 11.1 Å². The van der Waals surface area contributed by atoms with E-state index >= 15 is 0 Å². The van der Waals surface area contributed by atoms with Crippen LogP contribution < -0.4 is 5.32 Å². The van der Waals surface area contributed by atoms with Gasteiger partial charge in [0.15, 0.2) is 0 Å². The fraction of sp³-hybridized carbons (Fsp3) is 0.375. The first-order valence-corrected chi connectivity index (χ1v) is 7.47. The van der Waals surface area contributed by atoms with Gasteiger partial charge in [0.05, 0.1) is 6.04 Å². The zero-order chi connectivity index (χ0) is 13.8. The van der Waals surface area contributed by atoms with E-state index in [0.717, 1.165) is 29.0 Å². The quantitative estimate of drug-likeness (QED) is 0.859. The van der Waals surface area contributed by atoms with Crippen molar-refractivity contribution < 1.29 is 4.42 Å². The molecule has 19 heavy (non-hydrogen) atoms. The number of aryl methyl sites for hydroxylation is 2. The van der Waals surface area contributed by atoms with Gasteiger partial charge in [-0.1, -0.05) is 28.9 Å². The average molecular weight is 322 g/mol. The summed E-state index contributed by atoms with van der Waals surface area (Å²) in [4.78, 5) is 0. The van der Waals surface area contributed by atoms with Crippen LogP contribution in [0.25, 0.3) is 0 Å². The van der Waals surface area contributed by atoms with Gasteiger partial charge in [0.2, 0.25) is 0 Å². The van der Waals surface area contributed by atoms with Gasteiger partial charge in [-0.05, 0) is 62.2 Å². The molecule has 0 aliphatic rings. The normalized spacial score (nSPS) is 12.6. The predicted molar refractivity (Wildman–Crippen MR) is 82.5 cm³/mol. The molecule has 3 heteroatoms. The highest BCUT2D eigenvalue weighted by Gasteiger charge is 2.18. The van der Waals surface area contributed by atoms with Crippen LogP contribution in [0.3, 0.4) is 0 Å². The third kappa shape index (κ3) is 3.48. The van der Waals surface area contributed by atoms with E-state index in [1.807, 2.05) is 13.0 Å². The summed E-state index contributed by atoms with van der Waals surface area (Å²) in [5, 5.41) is 3.57. The van der Waals surface area contributed by atoms with Crippen molar-refractivity contribution in [3.8, 4) is 0 Å². The van der Waals surface area contributed by atoms with Crippen molar-refractivity contribution in [2.24, 2.45) is 0 Å². The van der Waals surface area contributed by atoms with Crippen molar-refractivity contribution in [2.45, 2.75) is 33.2 Å². The third-order valence-corrected chi connectivity index (χ3v) is 3.68. The summed E-state index contributed by atoms with van der Waals surface area (Å²) in [5.74, 6) is 1.93. The molecular formula is C16H20BrNO. The monoisotopic (exact) mass is 321 g/mol. The number of furan rings is 1. The number of hydrogen-bond donors (Lipinski definition) is 1. The van der Waals surface area contributed by atoms with Crippen molar-refractivity contribution in [1.29, 1.82) is 0 Å². The molecule has 0 amide bonds. The zero-order valence-corrected chi connectivity index (χ0v) is 13.3. The van der Waals surface area contributed by atoms with Gasteiger partial charge < -0.3 is 9.73 Å². The van der Waals surface area contributed by atoms with Crippen LogP contribution in [0.5, 0.6) is 0 Å². The first-order valence-electron chi connectivity index (χ1n) is 6.67. The van der Waals surface area contributed by atoms with Gasteiger partial charge in [0.1, 0.15) is 11.5 Å². The van der Waals surface area contributed by atoms with E-state index in [2.05, 4.69) is 59.4 Å². The van der Waals surface area contributed by atoms with Crippen LogP contribution in [0.15, 0.2) is 39.2 Å². The van der Waals surface area contributed by atoms with Crippen LogP contribution in [0, 0.1) is 13.8 Å². The molecule has 0 radical (unpaired) electrons. The molecule has 0 saturated heterocycles. The standard InChI is InChI=1S/C16H20BrNO/c1-4-9-18-16(15-8-5-12(3)19-15)14-7-6-13(17)10-11(14)2/h5-8,10,16,18H,4,9H2,1-3H3. The summed E-state index contributed by atoms with van der Waals surface area (Å²) < 4.78 is 6.92. The first kappa shape index (κ1) is 14.4. The van der Waals surface area contributed by atoms with Crippen LogP contribution in [-0.2, 0) is 0 Å². The molecule has 0 fully saturated rings.